The van der Waals surface area contributed by atoms with Crippen molar-refractivity contribution in [3.63, 3.8) is 0 Å². The molecule has 0 spiro atoms. The number of benzene rings is 2. The minimum atomic E-state index is -0.369. The zero-order chi connectivity index (χ0) is 16.8. The van der Waals surface area contributed by atoms with Gasteiger partial charge in [-0.3, -0.25) is 9.78 Å². The monoisotopic (exact) mass is 320 g/mol. The van der Waals surface area contributed by atoms with Gasteiger partial charge in [0.1, 0.15) is 5.82 Å². The van der Waals surface area contributed by atoms with Gasteiger partial charge in [-0.05, 0) is 42.0 Å². The predicted molar refractivity (Wildman–Crippen MR) is 92.2 cm³/mol. The molecule has 120 valence electrons. The number of pyridine rings is 1. The molecular formula is C20H17FN2O. The molecule has 0 aliphatic rings. The lowest BCUT2D eigenvalue weighted by Gasteiger charge is -2.17. The Kier molecular flexibility index (Phi) is 4.96. The van der Waals surface area contributed by atoms with Gasteiger partial charge in [0.25, 0.3) is 0 Å². The summed E-state index contributed by atoms with van der Waals surface area (Å²) in [6.45, 7) is 0. The molecule has 0 saturated heterocycles. The summed E-state index contributed by atoms with van der Waals surface area (Å²) < 4.78 is 13.0. The first-order valence-corrected chi connectivity index (χ1v) is 7.73. The van der Waals surface area contributed by atoms with Gasteiger partial charge in [-0.1, -0.05) is 36.4 Å². The molecule has 4 heteroatoms. The van der Waals surface area contributed by atoms with Crippen LogP contribution in [0.25, 0.3) is 0 Å². The van der Waals surface area contributed by atoms with Crippen molar-refractivity contribution in [2.24, 2.45) is 0 Å². The molecule has 0 bridgehead atoms. The predicted octanol–water partition coefficient (Wildman–Crippen LogP) is 4.19. The van der Waals surface area contributed by atoms with Crippen molar-refractivity contribution >= 4 is 11.6 Å². The van der Waals surface area contributed by atoms with E-state index in [9.17, 15) is 9.18 Å². The maximum Gasteiger partial charge on any atom is 0.232 e. The molecule has 3 rings (SSSR count). The Morgan fingerprint density at radius 1 is 0.958 bits per heavy atom. The van der Waals surface area contributed by atoms with Gasteiger partial charge in [0.2, 0.25) is 5.91 Å². The zero-order valence-corrected chi connectivity index (χ0v) is 13.0. The maximum atomic E-state index is 13.0. The molecule has 3 aromatic rings. The fraction of sp³-hybridized carbons (Fsp3) is 0.100. The zero-order valence-electron chi connectivity index (χ0n) is 13.0. The molecule has 0 saturated carbocycles. The number of carbonyl (C=O) groups excluding carboxylic acids is 1. The molecule has 3 nitrogen and oxygen atoms in total. The first kappa shape index (κ1) is 15.9. The van der Waals surface area contributed by atoms with E-state index in [1.165, 1.54) is 12.1 Å². The van der Waals surface area contributed by atoms with E-state index in [0.29, 0.717) is 12.1 Å². The van der Waals surface area contributed by atoms with Crippen molar-refractivity contribution in [2.45, 2.75) is 12.3 Å². The van der Waals surface area contributed by atoms with Crippen molar-refractivity contribution < 1.29 is 9.18 Å². The Morgan fingerprint density at radius 2 is 1.67 bits per heavy atom. The highest BCUT2D eigenvalue weighted by molar-refractivity contribution is 5.96. The van der Waals surface area contributed by atoms with Crippen molar-refractivity contribution in [3.8, 4) is 0 Å². The fourth-order valence-electron chi connectivity index (χ4n) is 2.54. The van der Waals surface area contributed by atoms with Crippen LogP contribution in [0.5, 0.6) is 0 Å². The summed E-state index contributed by atoms with van der Waals surface area (Å²) in [6, 6.07) is 21.0. The van der Waals surface area contributed by atoms with Crippen LogP contribution in [-0.4, -0.2) is 10.9 Å². The summed E-state index contributed by atoms with van der Waals surface area (Å²) in [7, 11) is 0. The molecule has 1 amide bonds. The van der Waals surface area contributed by atoms with Gasteiger partial charge in [0.05, 0.1) is 5.92 Å². The molecule has 0 aliphatic carbocycles. The third kappa shape index (κ3) is 4.04. The van der Waals surface area contributed by atoms with Gasteiger partial charge in [0.15, 0.2) is 0 Å². The fourth-order valence-corrected chi connectivity index (χ4v) is 2.54. The third-order valence-electron chi connectivity index (χ3n) is 3.77. The van der Waals surface area contributed by atoms with Crippen molar-refractivity contribution in [1.82, 2.24) is 4.98 Å². The summed E-state index contributed by atoms with van der Waals surface area (Å²) in [6.07, 6.45) is 2.22. The van der Waals surface area contributed by atoms with Gasteiger partial charge in [0, 0.05) is 24.0 Å². The number of nitrogens with zero attached hydrogens (tertiary/aromatic N) is 1. The number of hydrogen-bond donors (Lipinski definition) is 1. The average Bonchev–Trinajstić information content (AvgIpc) is 2.63. The Bertz CT molecular complexity index is 789. The summed E-state index contributed by atoms with van der Waals surface area (Å²) in [5.41, 5.74) is 2.34. The molecule has 0 fully saturated rings. The Balaban J connectivity index is 1.83. The van der Waals surface area contributed by atoms with Crippen LogP contribution in [-0.2, 0) is 11.2 Å². The number of carbonyl (C=O) groups is 1. The second-order valence-corrected chi connectivity index (χ2v) is 5.48. The standard InChI is InChI=1S/C20H17FN2O/c21-16-9-11-17(12-10-16)23-20(24)19(15-6-2-1-3-7-15)14-18-8-4-5-13-22-18/h1-13,19H,14H2,(H,23,24). The minimum absolute atomic E-state index is 0.140. The first-order valence-electron chi connectivity index (χ1n) is 7.73. The number of halogens is 1. The van der Waals surface area contributed by atoms with Crippen LogP contribution in [0.15, 0.2) is 79.0 Å². The van der Waals surface area contributed by atoms with Gasteiger partial charge in [-0.2, -0.15) is 0 Å². The average molecular weight is 320 g/mol. The minimum Gasteiger partial charge on any atom is -0.326 e. The van der Waals surface area contributed by atoms with E-state index in [4.69, 9.17) is 0 Å². The second-order valence-electron chi connectivity index (χ2n) is 5.48. The molecular weight excluding hydrogens is 303 g/mol. The summed E-state index contributed by atoms with van der Waals surface area (Å²) in [4.78, 5) is 17.1. The second kappa shape index (κ2) is 7.51. The summed E-state index contributed by atoms with van der Waals surface area (Å²) >= 11 is 0. The lowest BCUT2D eigenvalue weighted by atomic mass is 9.93. The normalized spacial score (nSPS) is 11.7. The number of rotatable bonds is 5. The molecule has 2 aromatic carbocycles. The quantitative estimate of drug-likeness (QED) is 0.766. The van der Waals surface area contributed by atoms with Gasteiger partial charge < -0.3 is 5.32 Å². The number of anilines is 1. The van der Waals surface area contributed by atoms with Crippen LogP contribution in [0.3, 0.4) is 0 Å². The van der Waals surface area contributed by atoms with Crippen LogP contribution in [0.2, 0.25) is 0 Å². The SMILES string of the molecule is O=C(Nc1ccc(F)cc1)C(Cc1ccccn1)c1ccccc1. The molecule has 1 N–H and O–H groups in total. The largest absolute Gasteiger partial charge is 0.326 e. The molecule has 24 heavy (non-hydrogen) atoms. The smallest absolute Gasteiger partial charge is 0.232 e. The Morgan fingerprint density at radius 3 is 2.33 bits per heavy atom. The highest BCUT2D eigenvalue weighted by Gasteiger charge is 2.21. The van der Waals surface area contributed by atoms with E-state index in [-0.39, 0.29) is 17.6 Å². The van der Waals surface area contributed by atoms with E-state index in [2.05, 4.69) is 10.3 Å². The molecule has 1 heterocycles. The topological polar surface area (TPSA) is 42.0 Å². The van der Waals surface area contributed by atoms with Crippen LogP contribution < -0.4 is 5.32 Å². The van der Waals surface area contributed by atoms with Crippen molar-refractivity contribution in [3.05, 3.63) is 96.1 Å². The summed E-state index contributed by atoms with van der Waals surface area (Å²) in [5.74, 6) is -0.842. The summed E-state index contributed by atoms with van der Waals surface area (Å²) in [5, 5.41) is 2.85. The number of amides is 1. The number of hydrogen-bond acceptors (Lipinski definition) is 2. The first-order chi connectivity index (χ1) is 11.7. The van der Waals surface area contributed by atoms with E-state index >= 15 is 0 Å². The van der Waals surface area contributed by atoms with Crippen molar-refractivity contribution in [2.75, 3.05) is 5.32 Å². The van der Waals surface area contributed by atoms with Crippen LogP contribution in [0.1, 0.15) is 17.2 Å². The van der Waals surface area contributed by atoms with Gasteiger partial charge in [-0.15, -0.1) is 0 Å². The highest BCUT2D eigenvalue weighted by Crippen LogP contribution is 2.22. The van der Waals surface area contributed by atoms with Gasteiger partial charge in [-0.25, -0.2) is 4.39 Å². The third-order valence-corrected chi connectivity index (χ3v) is 3.77. The number of nitrogens with one attached hydrogen (secondary N) is 1. The van der Waals surface area contributed by atoms with Crippen LogP contribution in [0.4, 0.5) is 10.1 Å². The lowest BCUT2D eigenvalue weighted by Crippen LogP contribution is -2.23. The number of aromatic nitrogens is 1. The lowest BCUT2D eigenvalue weighted by molar-refractivity contribution is -0.117. The van der Waals surface area contributed by atoms with Crippen LogP contribution >= 0.6 is 0 Å². The van der Waals surface area contributed by atoms with Crippen molar-refractivity contribution in [1.29, 1.82) is 0 Å². The highest BCUT2D eigenvalue weighted by atomic mass is 19.1. The molecule has 1 atom stereocenters. The Labute approximate surface area is 140 Å². The van der Waals surface area contributed by atoms with E-state index < -0.39 is 0 Å². The molecule has 0 aliphatic heterocycles. The molecule has 1 aromatic heterocycles. The van der Waals surface area contributed by atoms with E-state index in [1.54, 1.807) is 18.3 Å². The molecule has 0 radical (unpaired) electrons. The Hall–Kier alpha value is -3.01. The van der Waals surface area contributed by atoms with E-state index in [1.807, 2.05) is 48.5 Å². The maximum absolute atomic E-state index is 13.0. The van der Waals surface area contributed by atoms with E-state index in [0.717, 1.165) is 11.3 Å². The van der Waals surface area contributed by atoms with Gasteiger partial charge >= 0.3 is 0 Å². The molecule has 1 unspecified atom stereocenters. The van der Waals surface area contributed by atoms with Crippen LogP contribution in [0, 0.1) is 5.82 Å².